The highest BCUT2D eigenvalue weighted by Crippen LogP contribution is 2.21. The van der Waals surface area contributed by atoms with Crippen molar-refractivity contribution in [2.75, 3.05) is 26.3 Å². The summed E-state index contributed by atoms with van der Waals surface area (Å²) >= 11 is 4.99. The topological polar surface area (TPSA) is 36.3 Å². The molecule has 3 nitrogen and oxygen atoms in total. The third-order valence-corrected chi connectivity index (χ3v) is 3.83. The summed E-state index contributed by atoms with van der Waals surface area (Å²) in [5.74, 6) is 0.615. The minimum atomic E-state index is 0.615. The van der Waals surface area contributed by atoms with E-state index in [0.717, 1.165) is 35.7 Å². The molecule has 2 rings (SSSR count). The highest BCUT2D eigenvalue weighted by Gasteiger charge is 2.16. The molecule has 1 fully saturated rings. The van der Waals surface area contributed by atoms with Crippen LogP contribution in [0.5, 0.6) is 0 Å². The van der Waals surface area contributed by atoms with Crippen molar-refractivity contribution in [2.45, 2.75) is 0 Å². The highest BCUT2D eigenvalue weighted by molar-refractivity contribution is 9.10. The number of thiophene rings is 1. The van der Waals surface area contributed by atoms with Crippen LogP contribution < -0.4 is 0 Å². The first-order valence-electron chi connectivity index (χ1n) is 4.43. The van der Waals surface area contributed by atoms with E-state index >= 15 is 0 Å². The molecule has 0 aromatic carbocycles. The second-order valence-electron chi connectivity index (χ2n) is 3.08. The Kier molecular flexibility index (Phi) is 3.20. The SMILES string of the molecule is N=C(c1cc(Br)cs1)N1CCOCC1. The van der Waals surface area contributed by atoms with Gasteiger partial charge < -0.3 is 9.64 Å². The fraction of sp³-hybridized carbons (Fsp3) is 0.444. The fourth-order valence-corrected chi connectivity index (χ4v) is 2.78. The van der Waals surface area contributed by atoms with E-state index in [-0.39, 0.29) is 0 Å². The van der Waals surface area contributed by atoms with Gasteiger partial charge in [0.25, 0.3) is 0 Å². The Morgan fingerprint density at radius 1 is 1.50 bits per heavy atom. The third kappa shape index (κ3) is 2.16. The second-order valence-corrected chi connectivity index (χ2v) is 4.90. The van der Waals surface area contributed by atoms with Gasteiger partial charge in [0.2, 0.25) is 0 Å². The Labute approximate surface area is 95.3 Å². The first kappa shape index (κ1) is 10.1. The Morgan fingerprint density at radius 3 is 2.79 bits per heavy atom. The van der Waals surface area contributed by atoms with E-state index in [2.05, 4.69) is 20.8 Å². The summed E-state index contributed by atoms with van der Waals surface area (Å²) in [6.07, 6.45) is 0. The minimum absolute atomic E-state index is 0.615. The second kappa shape index (κ2) is 4.42. The number of ether oxygens (including phenoxy) is 1. The van der Waals surface area contributed by atoms with Crippen LogP contribution in [0.4, 0.5) is 0 Å². The minimum Gasteiger partial charge on any atom is -0.378 e. The molecule has 1 aliphatic heterocycles. The van der Waals surface area contributed by atoms with E-state index in [1.54, 1.807) is 11.3 Å². The van der Waals surface area contributed by atoms with Crippen molar-refractivity contribution in [3.63, 3.8) is 0 Å². The monoisotopic (exact) mass is 274 g/mol. The van der Waals surface area contributed by atoms with Gasteiger partial charge in [-0.1, -0.05) is 0 Å². The fourth-order valence-electron chi connectivity index (χ4n) is 1.38. The molecule has 1 N–H and O–H groups in total. The largest absolute Gasteiger partial charge is 0.378 e. The van der Waals surface area contributed by atoms with Gasteiger partial charge in [0, 0.05) is 22.9 Å². The van der Waals surface area contributed by atoms with Crippen molar-refractivity contribution in [3.05, 3.63) is 20.8 Å². The number of nitrogens with one attached hydrogen (secondary N) is 1. The molecule has 0 atom stereocenters. The summed E-state index contributed by atoms with van der Waals surface area (Å²) in [4.78, 5) is 3.07. The van der Waals surface area contributed by atoms with E-state index in [0.29, 0.717) is 5.84 Å². The summed E-state index contributed by atoms with van der Waals surface area (Å²) in [5, 5.41) is 10.0. The summed E-state index contributed by atoms with van der Waals surface area (Å²) in [6, 6.07) is 1.99. The Morgan fingerprint density at radius 2 is 2.21 bits per heavy atom. The van der Waals surface area contributed by atoms with E-state index in [1.165, 1.54) is 0 Å². The van der Waals surface area contributed by atoms with Crippen LogP contribution in [0, 0.1) is 5.41 Å². The average Bonchev–Trinajstić information content (AvgIpc) is 2.65. The lowest BCUT2D eigenvalue weighted by molar-refractivity contribution is 0.0680. The van der Waals surface area contributed by atoms with Crippen LogP contribution in [-0.2, 0) is 4.74 Å². The molecule has 0 spiro atoms. The van der Waals surface area contributed by atoms with Gasteiger partial charge in [-0.3, -0.25) is 5.41 Å². The van der Waals surface area contributed by atoms with Crippen LogP contribution in [0.1, 0.15) is 4.88 Å². The smallest absolute Gasteiger partial charge is 0.138 e. The molecular formula is C9H11BrN2OS. The van der Waals surface area contributed by atoms with Crippen molar-refractivity contribution in [2.24, 2.45) is 0 Å². The molecule has 76 valence electrons. The zero-order valence-electron chi connectivity index (χ0n) is 7.62. The molecule has 1 aliphatic rings. The number of hydrogen-bond acceptors (Lipinski definition) is 3. The van der Waals surface area contributed by atoms with Crippen LogP contribution in [0.15, 0.2) is 15.9 Å². The van der Waals surface area contributed by atoms with Crippen molar-refractivity contribution >= 4 is 33.1 Å². The molecule has 0 bridgehead atoms. The Balaban J connectivity index is 2.07. The van der Waals surface area contributed by atoms with Crippen LogP contribution in [0.2, 0.25) is 0 Å². The molecule has 0 radical (unpaired) electrons. The number of morpholine rings is 1. The zero-order valence-corrected chi connectivity index (χ0v) is 10.0. The molecule has 0 unspecified atom stereocenters. The third-order valence-electron chi connectivity index (χ3n) is 2.13. The Hall–Kier alpha value is -0.390. The summed E-state index contributed by atoms with van der Waals surface area (Å²) in [6.45, 7) is 3.12. The lowest BCUT2D eigenvalue weighted by Gasteiger charge is -2.28. The van der Waals surface area contributed by atoms with Gasteiger partial charge in [0.15, 0.2) is 0 Å². The summed E-state index contributed by atoms with van der Waals surface area (Å²) in [5.41, 5.74) is 0. The maximum absolute atomic E-state index is 8.00. The number of hydrogen-bond donors (Lipinski definition) is 1. The van der Waals surface area contributed by atoms with E-state index in [4.69, 9.17) is 10.1 Å². The molecule has 14 heavy (non-hydrogen) atoms. The van der Waals surface area contributed by atoms with Gasteiger partial charge in [-0.05, 0) is 22.0 Å². The molecular weight excluding hydrogens is 264 g/mol. The van der Waals surface area contributed by atoms with Crippen molar-refractivity contribution in [1.29, 1.82) is 5.41 Å². The molecule has 1 aromatic rings. The normalized spacial score (nSPS) is 17.1. The molecule has 1 saturated heterocycles. The maximum atomic E-state index is 8.00. The van der Waals surface area contributed by atoms with E-state index in [9.17, 15) is 0 Å². The summed E-state index contributed by atoms with van der Waals surface area (Å²) < 4.78 is 6.30. The first-order valence-corrected chi connectivity index (χ1v) is 6.10. The molecule has 2 heterocycles. The predicted octanol–water partition coefficient (Wildman–Crippen LogP) is 2.17. The number of nitrogens with zero attached hydrogens (tertiary/aromatic N) is 1. The Bertz CT molecular complexity index is 333. The van der Waals surface area contributed by atoms with E-state index < -0.39 is 0 Å². The number of halogens is 1. The maximum Gasteiger partial charge on any atom is 0.138 e. The van der Waals surface area contributed by atoms with Gasteiger partial charge in [0.1, 0.15) is 5.84 Å². The molecule has 5 heteroatoms. The average molecular weight is 275 g/mol. The predicted molar refractivity (Wildman–Crippen MR) is 61.2 cm³/mol. The van der Waals surface area contributed by atoms with Crippen molar-refractivity contribution in [3.8, 4) is 0 Å². The molecule has 0 saturated carbocycles. The standard InChI is InChI=1S/C9H11BrN2OS/c10-7-5-8(14-6-7)9(11)12-1-3-13-4-2-12/h5-6,11H,1-4H2. The molecule has 1 aromatic heterocycles. The quantitative estimate of drug-likeness (QED) is 0.630. The van der Waals surface area contributed by atoms with Gasteiger partial charge in [0.05, 0.1) is 18.1 Å². The summed E-state index contributed by atoms with van der Waals surface area (Å²) in [7, 11) is 0. The molecule has 0 amide bonds. The van der Waals surface area contributed by atoms with Crippen molar-refractivity contribution < 1.29 is 4.74 Å². The van der Waals surface area contributed by atoms with Crippen LogP contribution in [0.25, 0.3) is 0 Å². The highest BCUT2D eigenvalue weighted by atomic mass is 79.9. The van der Waals surface area contributed by atoms with Gasteiger partial charge in [-0.2, -0.15) is 0 Å². The van der Waals surface area contributed by atoms with Gasteiger partial charge >= 0.3 is 0 Å². The molecule has 0 aliphatic carbocycles. The van der Waals surface area contributed by atoms with Crippen LogP contribution >= 0.6 is 27.3 Å². The number of rotatable bonds is 1. The lowest BCUT2D eigenvalue weighted by atomic mass is 10.3. The lowest BCUT2D eigenvalue weighted by Crippen LogP contribution is -2.40. The zero-order chi connectivity index (χ0) is 9.97. The van der Waals surface area contributed by atoms with E-state index in [1.807, 2.05) is 11.4 Å². The van der Waals surface area contributed by atoms with Gasteiger partial charge in [-0.15, -0.1) is 11.3 Å². The van der Waals surface area contributed by atoms with Crippen LogP contribution in [-0.4, -0.2) is 37.0 Å². The van der Waals surface area contributed by atoms with Crippen molar-refractivity contribution in [1.82, 2.24) is 4.90 Å². The first-order chi connectivity index (χ1) is 6.77. The van der Waals surface area contributed by atoms with Crippen LogP contribution in [0.3, 0.4) is 0 Å². The number of amidine groups is 1. The van der Waals surface area contributed by atoms with Gasteiger partial charge in [-0.25, -0.2) is 0 Å².